The largest absolute Gasteiger partial charge is 0.349 e. The molecule has 2 heteroatoms. The van der Waals surface area contributed by atoms with Gasteiger partial charge in [-0.15, -0.1) is 0 Å². The SMILES string of the molecule is C/C=C\C(=C/C)C(=O)NC1CCCC(C)C1. The van der Waals surface area contributed by atoms with Gasteiger partial charge in [0.05, 0.1) is 0 Å². The minimum absolute atomic E-state index is 0.0692. The van der Waals surface area contributed by atoms with Crippen LogP contribution in [0.1, 0.15) is 46.5 Å². The fourth-order valence-electron chi connectivity index (χ4n) is 2.32. The number of allylic oxidation sites excluding steroid dienone is 2. The van der Waals surface area contributed by atoms with Crippen molar-refractivity contribution in [1.29, 1.82) is 0 Å². The molecule has 2 unspecified atom stereocenters. The van der Waals surface area contributed by atoms with E-state index in [4.69, 9.17) is 0 Å². The molecule has 0 aliphatic heterocycles. The highest BCUT2D eigenvalue weighted by molar-refractivity contribution is 5.96. The Morgan fingerprint density at radius 3 is 2.62 bits per heavy atom. The minimum atomic E-state index is 0.0692. The quantitative estimate of drug-likeness (QED) is 0.575. The summed E-state index contributed by atoms with van der Waals surface area (Å²) in [5, 5.41) is 3.13. The molecule has 1 aliphatic carbocycles. The first-order valence-electron chi connectivity index (χ1n) is 6.27. The van der Waals surface area contributed by atoms with Crippen LogP contribution < -0.4 is 5.32 Å². The average molecular weight is 221 g/mol. The second-order valence-corrected chi connectivity index (χ2v) is 4.69. The lowest BCUT2D eigenvalue weighted by Gasteiger charge is -2.27. The molecule has 2 nitrogen and oxygen atoms in total. The first kappa shape index (κ1) is 13.0. The van der Waals surface area contributed by atoms with E-state index in [-0.39, 0.29) is 5.91 Å². The summed E-state index contributed by atoms with van der Waals surface area (Å²) in [7, 11) is 0. The second kappa shape index (κ2) is 6.51. The van der Waals surface area contributed by atoms with E-state index in [1.54, 1.807) is 0 Å². The highest BCUT2D eigenvalue weighted by Crippen LogP contribution is 2.23. The molecule has 0 aromatic rings. The van der Waals surface area contributed by atoms with Gasteiger partial charge in [0.1, 0.15) is 0 Å². The van der Waals surface area contributed by atoms with Crippen LogP contribution in [0.25, 0.3) is 0 Å². The molecule has 1 amide bonds. The summed E-state index contributed by atoms with van der Waals surface area (Å²) in [4.78, 5) is 11.9. The number of nitrogens with one attached hydrogen (secondary N) is 1. The van der Waals surface area contributed by atoms with Crippen LogP contribution in [0.4, 0.5) is 0 Å². The van der Waals surface area contributed by atoms with E-state index in [1.165, 1.54) is 12.8 Å². The summed E-state index contributed by atoms with van der Waals surface area (Å²) < 4.78 is 0. The molecule has 0 spiro atoms. The summed E-state index contributed by atoms with van der Waals surface area (Å²) in [5.74, 6) is 0.814. The van der Waals surface area contributed by atoms with Gasteiger partial charge in [0.25, 0.3) is 5.91 Å². The van der Waals surface area contributed by atoms with Crippen molar-refractivity contribution in [2.45, 2.75) is 52.5 Å². The Morgan fingerprint density at radius 2 is 2.06 bits per heavy atom. The molecule has 0 bridgehead atoms. The molecule has 0 saturated heterocycles. The van der Waals surface area contributed by atoms with Crippen LogP contribution in [-0.4, -0.2) is 11.9 Å². The van der Waals surface area contributed by atoms with Gasteiger partial charge in [0, 0.05) is 11.6 Å². The maximum atomic E-state index is 11.9. The van der Waals surface area contributed by atoms with E-state index in [0.717, 1.165) is 24.3 Å². The van der Waals surface area contributed by atoms with Crippen molar-refractivity contribution in [2.24, 2.45) is 5.92 Å². The number of carbonyl (C=O) groups excluding carboxylic acids is 1. The van der Waals surface area contributed by atoms with Gasteiger partial charge >= 0.3 is 0 Å². The second-order valence-electron chi connectivity index (χ2n) is 4.69. The van der Waals surface area contributed by atoms with Crippen molar-refractivity contribution >= 4 is 5.91 Å². The molecule has 1 fully saturated rings. The van der Waals surface area contributed by atoms with Crippen LogP contribution in [0.3, 0.4) is 0 Å². The van der Waals surface area contributed by atoms with Gasteiger partial charge in [0.15, 0.2) is 0 Å². The first-order chi connectivity index (χ1) is 7.67. The standard InChI is InChI=1S/C14H23NO/c1-4-7-12(5-2)14(16)15-13-9-6-8-11(3)10-13/h4-5,7,11,13H,6,8-10H2,1-3H3,(H,15,16)/b7-4-,12-5+. The number of hydrogen-bond donors (Lipinski definition) is 1. The molecule has 0 aromatic carbocycles. The molecule has 1 rings (SSSR count). The Kier molecular flexibility index (Phi) is 5.30. The van der Waals surface area contributed by atoms with E-state index >= 15 is 0 Å². The smallest absolute Gasteiger partial charge is 0.251 e. The molecule has 0 aromatic heterocycles. The first-order valence-corrected chi connectivity index (χ1v) is 6.27. The van der Waals surface area contributed by atoms with Gasteiger partial charge in [-0.2, -0.15) is 0 Å². The molecule has 90 valence electrons. The monoisotopic (exact) mass is 221 g/mol. The zero-order chi connectivity index (χ0) is 12.0. The Morgan fingerprint density at radius 1 is 1.31 bits per heavy atom. The highest BCUT2D eigenvalue weighted by Gasteiger charge is 2.20. The summed E-state index contributed by atoms with van der Waals surface area (Å²) in [6, 6.07) is 0.372. The average Bonchev–Trinajstić information content (AvgIpc) is 2.25. The van der Waals surface area contributed by atoms with Gasteiger partial charge in [-0.05, 0) is 32.6 Å². The van der Waals surface area contributed by atoms with Crippen LogP contribution in [0.15, 0.2) is 23.8 Å². The molecule has 16 heavy (non-hydrogen) atoms. The van der Waals surface area contributed by atoms with Crippen molar-refractivity contribution in [3.8, 4) is 0 Å². The van der Waals surface area contributed by atoms with Crippen LogP contribution in [0.2, 0.25) is 0 Å². The topological polar surface area (TPSA) is 29.1 Å². The summed E-state index contributed by atoms with van der Waals surface area (Å²) in [6.45, 7) is 6.10. The summed E-state index contributed by atoms with van der Waals surface area (Å²) in [6.07, 6.45) is 10.4. The number of rotatable bonds is 3. The Bertz CT molecular complexity index is 291. The predicted molar refractivity (Wildman–Crippen MR) is 68.1 cm³/mol. The van der Waals surface area contributed by atoms with Crippen molar-refractivity contribution in [3.05, 3.63) is 23.8 Å². The van der Waals surface area contributed by atoms with Crippen molar-refractivity contribution < 1.29 is 4.79 Å². The lowest BCUT2D eigenvalue weighted by molar-refractivity contribution is -0.118. The van der Waals surface area contributed by atoms with Crippen molar-refractivity contribution in [3.63, 3.8) is 0 Å². The fraction of sp³-hybridized carbons (Fsp3) is 0.643. The maximum absolute atomic E-state index is 11.9. The molecular formula is C14H23NO. The lowest BCUT2D eigenvalue weighted by atomic mass is 9.87. The molecule has 2 atom stereocenters. The third kappa shape index (κ3) is 3.84. The van der Waals surface area contributed by atoms with Crippen molar-refractivity contribution in [2.75, 3.05) is 0 Å². The molecular weight excluding hydrogens is 198 g/mol. The Labute approximate surface area is 98.8 Å². The van der Waals surface area contributed by atoms with Crippen LogP contribution in [-0.2, 0) is 4.79 Å². The molecule has 0 radical (unpaired) electrons. The van der Waals surface area contributed by atoms with Crippen LogP contribution in [0.5, 0.6) is 0 Å². The van der Waals surface area contributed by atoms with E-state index in [0.29, 0.717) is 6.04 Å². The Hall–Kier alpha value is -1.05. The molecule has 1 saturated carbocycles. The van der Waals surface area contributed by atoms with E-state index in [9.17, 15) is 4.79 Å². The summed E-state index contributed by atoms with van der Waals surface area (Å²) in [5.41, 5.74) is 0.765. The third-order valence-corrected chi connectivity index (χ3v) is 3.19. The molecule has 1 N–H and O–H groups in total. The maximum Gasteiger partial charge on any atom is 0.251 e. The van der Waals surface area contributed by atoms with Crippen molar-refractivity contribution in [1.82, 2.24) is 5.32 Å². The fourth-order valence-corrected chi connectivity index (χ4v) is 2.32. The van der Waals surface area contributed by atoms with Crippen LogP contribution in [0, 0.1) is 5.92 Å². The van der Waals surface area contributed by atoms with Gasteiger partial charge < -0.3 is 5.32 Å². The van der Waals surface area contributed by atoms with Gasteiger partial charge in [0.2, 0.25) is 0 Å². The van der Waals surface area contributed by atoms with E-state index in [2.05, 4.69) is 12.2 Å². The van der Waals surface area contributed by atoms with Gasteiger partial charge in [-0.25, -0.2) is 0 Å². The Balaban J connectivity index is 2.50. The highest BCUT2D eigenvalue weighted by atomic mass is 16.1. The molecule has 0 heterocycles. The minimum Gasteiger partial charge on any atom is -0.349 e. The third-order valence-electron chi connectivity index (χ3n) is 3.19. The lowest BCUT2D eigenvalue weighted by Crippen LogP contribution is -2.38. The zero-order valence-electron chi connectivity index (χ0n) is 10.6. The van der Waals surface area contributed by atoms with Gasteiger partial charge in [-0.3, -0.25) is 4.79 Å². The predicted octanol–water partition coefficient (Wildman–Crippen LogP) is 3.20. The normalized spacial score (nSPS) is 27.1. The number of amides is 1. The number of carbonyl (C=O) groups is 1. The van der Waals surface area contributed by atoms with E-state index in [1.807, 2.05) is 32.1 Å². The molecule has 1 aliphatic rings. The van der Waals surface area contributed by atoms with Crippen LogP contribution >= 0.6 is 0 Å². The number of hydrogen-bond acceptors (Lipinski definition) is 1. The summed E-state index contributed by atoms with van der Waals surface area (Å²) >= 11 is 0. The zero-order valence-corrected chi connectivity index (χ0v) is 10.6. The van der Waals surface area contributed by atoms with Gasteiger partial charge in [-0.1, -0.05) is 38.0 Å². The van der Waals surface area contributed by atoms with E-state index < -0.39 is 0 Å².